The molecular weight excluding hydrogens is 515 g/mol. The molecule has 5 heterocycles. The van der Waals surface area contributed by atoms with Crippen molar-refractivity contribution >= 4 is 44.4 Å². The number of rotatable bonds is 5. The number of carbonyl (C=O) groups excluding carboxylic acids is 1. The van der Waals surface area contributed by atoms with E-state index < -0.39 is 5.91 Å². The van der Waals surface area contributed by atoms with Crippen LogP contribution < -0.4 is 11.1 Å². The van der Waals surface area contributed by atoms with Crippen molar-refractivity contribution in [2.45, 2.75) is 18.9 Å². The first kappa shape index (κ1) is 24.1. The molecule has 0 radical (unpaired) electrons. The maximum Gasteiger partial charge on any atom is 0.250 e. The third-order valence-electron chi connectivity index (χ3n) is 8.92. The van der Waals surface area contributed by atoms with E-state index in [-0.39, 0.29) is 11.9 Å². The molecule has 0 saturated carbocycles. The molecule has 2 bridgehead atoms. The Bertz CT molecular complexity index is 1980. The van der Waals surface area contributed by atoms with Crippen LogP contribution in [0, 0.1) is 11.7 Å². The van der Waals surface area contributed by atoms with Gasteiger partial charge in [0.2, 0.25) is 0 Å². The Morgan fingerprint density at radius 3 is 2.61 bits per heavy atom. The van der Waals surface area contributed by atoms with Crippen molar-refractivity contribution in [3.05, 3.63) is 90.2 Å². The van der Waals surface area contributed by atoms with E-state index in [1.54, 1.807) is 6.07 Å². The monoisotopic (exact) mass is 544 g/mol. The number of piperidine rings is 3. The Morgan fingerprint density at radius 1 is 0.976 bits per heavy atom. The summed E-state index contributed by atoms with van der Waals surface area (Å²) in [4.78, 5) is 23.1. The normalized spacial score (nSPS) is 20.3. The summed E-state index contributed by atoms with van der Waals surface area (Å²) < 4.78 is 16.1. The maximum atomic E-state index is 13.9. The Hall–Kier alpha value is -4.69. The standard InChI is InChI=1S/C33H29FN6O/c34-20-8-11-25-27(16-20)38-33(37-25)24-5-3-7-30-31(24)23-4-1-2-6-29(23)40(30)21-9-10-22(32(35)41)26(17-21)36-28-18-39-14-12-19(28)13-15-39/h1-11,16-17,19,28,36H,12-15,18H2,(H2,35,41)(H,37,38)/t28-/m0/s1. The molecule has 3 saturated heterocycles. The highest BCUT2D eigenvalue weighted by Gasteiger charge is 2.34. The van der Waals surface area contributed by atoms with Gasteiger partial charge in [0.15, 0.2) is 0 Å². The molecule has 7 nitrogen and oxygen atoms in total. The van der Waals surface area contributed by atoms with Crippen LogP contribution in [0.1, 0.15) is 23.2 Å². The van der Waals surface area contributed by atoms with E-state index in [0.29, 0.717) is 22.8 Å². The van der Waals surface area contributed by atoms with Crippen LogP contribution in [0.25, 0.3) is 49.9 Å². The van der Waals surface area contributed by atoms with Crippen molar-refractivity contribution in [1.29, 1.82) is 0 Å². The second kappa shape index (κ2) is 9.17. The number of para-hydroxylation sites is 1. The van der Waals surface area contributed by atoms with Gasteiger partial charge in [0.25, 0.3) is 5.91 Å². The number of aromatic nitrogens is 3. The zero-order valence-electron chi connectivity index (χ0n) is 22.4. The van der Waals surface area contributed by atoms with Crippen LogP contribution in [-0.4, -0.2) is 51.0 Å². The molecule has 1 amide bonds. The lowest BCUT2D eigenvalue weighted by Crippen LogP contribution is -2.53. The Kier molecular flexibility index (Phi) is 5.40. The summed E-state index contributed by atoms with van der Waals surface area (Å²) >= 11 is 0. The molecule has 4 aromatic carbocycles. The number of fused-ring (bicyclic) bond motifs is 7. The van der Waals surface area contributed by atoms with Crippen LogP contribution in [0.4, 0.5) is 10.1 Å². The first-order valence-electron chi connectivity index (χ1n) is 14.1. The van der Waals surface area contributed by atoms with E-state index >= 15 is 0 Å². The van der Waals surface area contributed by atoms with Gasteiger partial charge >= 0.3 is 0 Å². The van der Waals surface area contributed by atoms with Gasteiger partial charge in [-0.15, -0.1) is 0 Å². The van der Waals surface area contributed by atoms with Crippen LogP contribution in [0.15, 0.2) is 78.9 Å². The highest BCUT2D eigenvalue weighted by Crippen LogP contribution is 2.39. The first-order chi connectivity index (χ1) is 20.0. The number of amides is 1. The van der Waals surface area contributed by atoms with Gasteiger partial charge in [0, 0.05) is 46.4 Å². The number of benzene rings is 4. The van der Waals surface area contributed by atoms with Gasteiger partial charge in [-0.1, -0.05) is 30.3 Å². The average molecular weight is 545 g/mol. The summed E-state index contributed by atoms with van der Waals surface area (Å²) in [6.07, 6.45) is 2.35. The number of nitrogens with zero attached hydrogens (tertiary/aromatic N) is 3. The molecule has 1 atom stereocenters. The molecule has 0 unspecified atom stereocenters. The molecule has 2 aromatic heterocycles. The number of nitrogens with one attached hydrogen (secondary N) is 2. The van der Waals surface area contributed by atoms with Crippen molar-refractivity contribution in [1.82, 2.24) is 19.4 Å². The van der Waals surface area contributed by atoms with Gasteiger partial charge in [-0.3, -0.25) is 4.79 Å². The Morgan fingerprint density at radius 2 is 1.80 bits per heavy atom. The summed E-state index contributed by atoms with van der Waals surface area (Å²) in [6, 6.07) is 25.2. The number of primary amides is 1. The number of aromatic amines is 1. The number of halogens is 1. The summed E-state index contributed by atoms with van der Waals surface area (Å²) in [5.74, 6) is 0.531. The molecule has 204 valence electrons. The quantitative estimate of drug-likeness (QED) is 0.246. The van der Waals surface area contributed by atoms with Gasteiger partial charge in [-0.25, -0.2) is 9.37 Å². The first-order valence-corrected chi connectivity index (χ1v) is 14.1. The summed E-state index contributed by atoms with van der Waals surface area (Å²) in [7, 11) is 0. The molecule has 41 heavy (non-hydrogen) atoms. The summed E-state index contributed by atoms with van der Waals surface area (Å²) in [6.45, 7) is 3.28. The maximum absolute atomic E-state index is 13.9. The topological polar surface area (TPSA) is 92.0 Å². The number of nitrogens with two attached hydrogens (primary N) is 1. The third-order valence-corrected chi connectivity index (χ3v) is 8.92. The molecule has 0 spiro atoms. The zero-order chi connectivity index (χ0) is 27.7. The van der Waals surface area contributed by atoms with Gasteiger partial charge in [-0.2, -0.15) is 0 Å². The smallest absolute Gasteiger partial charge is 0.250 e. The lowest BCUT2D eigenvalue weighted by atomic mass is 9.84. The fourth-order valence-electron chi connectivity index (χ4n) is 6.94. The molecule has 6 aromatic rings. The van der Waals surface area contributed by atoms with Crippen molar-refractivity contribution in [2.75, 3.05) is 25.0 Å². The van der Waals surface area contributed by atoms with E-state index in [4.69, 9.17) is 10.7 Å². The van der Waals surface area contributed by atoms with Gasteiger partial charge in [0.05, 0.1) is 27.6 Å². The van der Waals surface area contributed by atoms with Crippen molar-refractivity contribution in [3.63, 3.8) is 0 Å². The number of carbonyl (C=O) groups is 1. The number of anilines is 1. The largest absolute Gasteiger partial charge is 0.380 e. The molecule has 3 aliphatic rings. The second-order valence-electron chi connectivity index (χ2n) is 11.3. The lowest BCUT2D eigenvalue weighted by Gasteiger charge is -2.45. The van der Waals surface area contributed by atoms with Crippen molar-refractivity contribution in [2.24, 2.45) is 11.7 Å². The summed E-state index contributed by atoms with van der Waals surface area (Å²) in [5, 5.41) is 5.84. The molecule has 0 aliphatic carbocycles. The lowest BCUT2D eigenvalue weighted by molar-refractivity contribution is 0.0969. The fourth-order valence-corrected chi connectivity index (χ4v) is 6.94. The number of H-pyrrole nitrogens is 1. The van der Waals surface area contributed by atoms with E-state index in [2.05, 4.69) is 44.0 Å². The minimum atomic E-state index is -0.439. The average Bonchev–Trinajstić information content (AvgIpc) is 3.56. The Labute approximate surface area is 235 Å². The van der Waals surface area contributed by atoms with Crippen molar-refractivity contribution < 1.29 is 9.18 Å². The van der Waals surface area contributed by atoms with Crippen molar-refractivity contribution in [3.8, 4) is 17.1 Å². The highest BCUT2D eigenvalue weighted by atomic mass is 19.1. The molecule has 8 heteroatoms. The molecular formula is C33H29FN6O. The number of hydrogen-bond donors (Lipinski definition) is 3. The van der Waals surface area contributed by atoms with Gasteiger partial charge in [-0.05, 0) is 74.3 Å². The molecule has 4 N–H and O–H groups in total. The minimum Gasteiger partial charge on any atom is -0.380 e. The minimum absolute atomic E-state index is 0.286. The van der Waals surface area contributed by atoms with Crippen LogP contribution >= 0.6 is 0 Å². The highest BCUT2D eigenvalue weighted by molar-refractivity contribution is 6.15. The van der Waals surface area contributed by atoms with E-state index in [0.717, 1.165) is 63.9 Å². The van der Waals surface area contributed by atoms with Crippen LogP contribution in [-0.2, 0) is 0 Å². The van der Waals surface area contributed by atoms with E-state index in [1.807, 2.05) is 36.4 Å². The Balaban J connectivity index is 1.31. The van der Waals surface area contributed by atoms with E-state index in [9.17, 15) is 9.18 Å². The number of imidazole rings is 1. The SMILES string of the molecule is NC(=O)c1ccc(-n2c3ccccc3c3c(-c4nc5cc(F)ccc5[nH]4)cccc32)cc1N[C@H]1CN2CCC1CC2. The second-order valence-corrected chi connectivity index (χ2v) is 11.3. The molecule has 3 fully saturated rings. The summed E-state index contributed by atoms with van der Waals surface area (Å²) in [5.41, 5.74) is 12.4. The van der Waals surface area contributed by atoms with Crippen LogP contribution in [0.3, 0.4) is 0 Å². The zero-order valence-corrected chi connectivity index (χ0v) is 22.4. The molecule has 9 rings (SSSR count). The van der Waals surface area contributed by atoms with Crippen LogP contribution in [0.2, 0.25) is 0 Å². The predicted octanol–water partition coefficient (Wildman–Crippen LogP) is 6.07. The van der Waals surface area contributed by atoms with Gasteiger partial charge in [0.1, 0.15) is 11.6 Å². The van der Waals surface area contributed by atoms with E-state index in [1.165, 1.54) is 25.0 Å². The van der Waals surface area contributed by atoms with Crippen LogP contribution in [0.5, 0.6) is 0 Å². The number of hydrogen-bond acceptors (Lipinski definition) is 4. The fraction of sp³-hybridized carbons (Fsp3) is 0.212. The third kappa shape index (κ3) is 3.89. The predicted molar refractivity (Wildman–Crippen MR) is 161 cm³/mol. The van der Waals surface area contributed by atoms with Gasteiger partial charge < -0.3 is 25.5 Å². The molecule has 3 aliphatic heterocycles.